The van der Waals surface area contributed by atoms with Crippen LogP contribution in [0.1, 0.15) is 0 Å². The molecule has 4 heteroatoms. The first-order valence-corrected chi connectivity index (χ1v) is 3.78. The fraction of sp³-hybridized carbons (Fsp3) is 0.857. The molecular formula is C7H11O4. The third-order valence-electron chi connectivity index (χ3n) is 1.65. The van der Waals surface area contributed by atoms with Crippen LogP contribution in [0.15, 0.2) is 0 Å². The van der Waals surface area contributed by atoms with Crippen molar-refractivity contribution in [1.29, 1.82) is 0 Å². The van der Waals surface area contributed by atoms with E-state index >= 15 is 0 Å². The van der Waals surface area contributed by atoms with Crippen molar-refractivity contribution in [2.75, 3.05) is 33.0 Å². The van der Waals surface area contributed by atoms with E-state index in [1.54, 1.807) is 0 Å². The lowest BCUT2D eigenvalue weighted by molar-refractivity contribution is -0.138. The van der Waals surface area contributed by atoms with E-state index in [-0.39, 0.29) is 6.10 Å². The van der Waals surface area contributed by atoms with Crippen molar-refractivity contribution in [2.24, 2.45) is 0 Å². The Morgan fingerprint density at radius 2 is 1.82 bits per heavy atom. The SMILES string of the molecule is C1COC([C]2OCCO2)CO1. The highest BCUT2D eigenvalue weighted by Crippen LogP contribution is 2.21. The van der Waals surface area contributed by atoms with Crippen molar-refractivity contribution in [2.45, 2.75) is 6.10 Å². The van der Waals surface area contributed by atoms with Crippen LogP contribution in [0.2, 0.25) is 0 Å². The first-order chi connectivity index (χ1) is 5.47. The van der Waals surface area contributed by atoms with Gasteiger partial charge in [0.2, 0.25) is 0 Å². The maximum atomic E-state index is 5.35. The molecule has 0 saturated carbocycles. The molecule has 0 aromatic heterocycles. The van der Waals surface area contributed by atoms with Gasteiger partial charge in [-0.25, -0.2) is 0 Å². The van der Waals surface area contributed by atoms with Gasteiger partial charge in [-0.15, -0.1) is 0 Å². The molecule has 0 N–H and O–H groups in total. The Morgan fingerprint density at radius 1 is 1.00 bits per heavy atom. The highest BCUT2D eigenvalue weighted by Gasteiger charge is 2.31. The molecule has 2 aliphatic heterocycles. The van der Waals surface area contributed by atoms with Gasteiger partial charge in [-0.05, 0) is 0 Å². The molecule has 11 heavy (non-hydrogen) atoms. The summed E-state index contributed by atoms with van der Waals surface area (Å²) in [5.41, 5.74) is 0. The maximum Gasteiger partial charge on any atom is 0.256 e. The minimum absolute atomic E-state index is 0.105. The average molecular weight is 159 g/mol. The molecule has 2 heterocycles. The molecule has 0 spiro atoms. The summed E-state index contributed by atoms with van der Waals surface area (Å²) in [6.45, 7) is 3.12. The van der Waals surface area contributed by atoms with Gasteiger partial charge in [0.05, 0.1) is 33.0 Å². The van der Waals surface area contributed by atoms with Crippen molar-refractivity contribution in [3.05, 3.63) is 6.29 Å². The van der Waals surface area contributed by atoms with E-state index < -0.39 is 0 Å². The Kier molecular flexibility index (Phi) is 2.38. The molecule has 0 amide bonds. The van der Waals surface area contributed by atoms with Gasteiger partial charge < -0.3 is 18.9 Å². The van der Waals surface area contributed by atoms with Crippen LogP contribution in [-0.2, 0) is 18.9 Å². The quantitative estimate of drug-likeness (QED) is 0.537. The summed E-state index contributed by atoms with van der Waals surface area (Å²) in [7, 11) is 0. The molecule has 1 radical (unpaired) electrons. The molecule has 2 saturated heterocycles. The molecule has 0 bridgehead atoms. The normalized spacial score (nSPS) is 34.4. The zero-order valence-electron chi connectivity index (χ0n) is 6.25. The fourth-order valence-electron chi connectivity index (χ4n) is 1.14. The second kappa shape index (κ2) is 3.49. The van der Waals surface area contributed by atoms with Gasteiger partial charge >= 0.3 is 0 Å². The summed E-state index contributed by atoms with van der Waals surface area (Å²) in [6.07, 6.45) is 0.482. The lowest BCUT2D eigenvalue weighted by atomic mass is 10.3. The van der Waals surface area contributed by atoms with Crippen molar-refractivity contribution in [1.82, 2.24) is 0 Å². The first kappa shape index (κ1) is 7.49. The summed E-state index contributed by atoms with van der Waals surface area (Å²) in [4.78, 5) is 0. The predicted octanol–water partition coefficient (Wildman–Crippen LogP) is -0.0619. The highest BCUT2D eigenvalue weighted by atomic mass is 16.7. The number of hydrogen-bond donors (Lipinski definition) is 0. The minimum atomic E-state index is -0.105. The Balaban J connectivity index is 1.82. The predicted molar refractivity (Wildman–Crippen MR) is 35.7 cm³/mol. The van der Waals surface area contributed by atoms with Crippen molar-refractivity contribution in [3.63, 3.8) is 0 Å². The van der Waals surface area contributed by atoms with Crippen molar-refractivity contribution >= 4 is 0 Å². The first-order valence-electron chi connectivity index (χ1n) is 3.78. The average Bonchev–Trinajstić information content (AvgIpc) is 2.58. The van der Waals surface area contributed by atoms with E-state index in [0.717, 1.165) is 0 Å². The largest absolute Gasteiger partial charge is 0.376 e. The van der Waals surface area contributed by atoms with Crippen LogP contribution >= 0.6 is 0 Å². The third-order valence-corrected chi connectivity index (χ3v) is 1.65. The second-order valence-electron chi connectivity index (χ2n) is 2.45. The molecule has 1 unspecified atom stereocenters. The highest BCUT2D eigenvalue weighted by molar-refractivity contribution is 4.83. The summed E-state index contributed by atoms with van der Waals surface area (Å²) >= 11 is 0. The van der Waals surface area contributed by atoms with Crippen LogP contribution in [0.5, 0.6) is 0 Å². The standard InChI is InChI=1S/C7H11O4/c1-2-9-6(5-8-1)7-10-3-4-11-7/h6H,1-5H2. The van der Waals surface area contributed by atoms with Crippen LogP contribution < -0.4 is 0 Å². The van der Waals surface area contributed by atoms with Gasteiger partial charge in [0, 0.05) is 0 Å². The van der Waals surface area contributed by atoms with E-state index in [2.05, 4.69) is 0 Å². The molecule has 2 rings (SSSR count). The van der Waals surface area contributed by atoms with Gasteiger partial charge in [0.25, 0.3) is 6.29 Å². The zero-order valence-corrected chi connectivity index (χ0v) is 6.25. The summed E-state index contributed by atoms with van der Waals surface area (Å²) < 4.78 is 20.9. The molecular weight excluding hydrogens is 148 g/mol. The van der Waals surface area contributed by atoms with Crippen LogP contribution in [0, 0.1) is 6.29 Å². The van der Waals surface area contributed by atoms with E-state index in [0.29, 0.717) is 39.3 Å². The van der Waals surface area contributed by atoms with Gasteiger partial charge in [-0.1, -0.05) is 0 Å². The number of hydrogen-bond acceptors (Lipinski definition) is 4. The van der Waals surface area contributed by atoms with Gasteiger partial charge in [-0.3, -0.25) is 0 Å². The molecule has 0 aromatic rings. The van der Waals surface area contributed by atoms with E-state index in [1.165, 1.54) is 0 Å². The van der Waals surface area contributed by atoms with Crippen LogP contribution in [0.25, 0.3) is 0 Å². The molecule has 0 aromatic carbocycles. The third kappa shape index (κ3) is 1.70. The molecule has 2 aliphatic rings. The molecule has 4 nitrogen and oxygen atoms in total. The van der Waals surface area contributed by atoms with E-state index in [9.17, 15) is 0 Å². The fourth-order valence-corrected chi connectivity index (χ4v) is 1.14. The Hall–Kier alpha value is -0.160. The zero-order chi connectivity index (χ0) is 7.52. The monoisotopic (exact) mass is 159 g/mol. The van der Waals surface area contributed by atoms with Gasteiger partial charge in [0.1, 0.15) is 6.10 Å². The van der Waals surface area contributed by atoms with Crippen molar-refractivity contribution in [3.8, 4) is 0 Å². The maximum absolute atomic E-state index is 5.35. The molecule has 0 aliphatic carbocycles. The van der Waals surface area contributed by atoms with Crippen LogP contribution in [-0.4, -0.2) is 39.1 Å². The molecule has 1 atom stereocenters. The topological polar surface area (TPSA) is 36.9 Å². The Labute approximate surface area is 65.4 Å². The number of ether oxygens (including phenoxy) is 4. The van der Waals surface area contributed by atoms with Crippen LogP contribution in [0.3, 0.4) is 0 Å². The van der Waals surface area contributed by atoms with E-state index in [1.807, 2.05) is 0 Å². The van der Waals surface area contributed by atoms with Crippen LogP contribution in [0.4, 0.5) is 0 Å². The second-order valence-corrected chi connectivity index (χ2v) is 2.45. The summed E-state index contributed by atoms with van der Waals surface area (Å²) in [5.74, 6) is 0. The Morgan fingerprint density at radius 3 is 2.45 bits per heavy atom. The lowest BCUT2D eigenvalue weighted by Crippen LogP contribution is -2.34. The van der Waals surface area contributed by atoms with E-state index in [4.69, 9.17) is 18.9 Å². The number of rotatable bonds is 1. The smallest absolute Gasteiger partial charge is 0.256 e. The summed E-state index contributed by atoms with van der Waals surface area (Å²) in [6, 6.07) is 0. The van der Waals surface area contributed by atoms with Gasteiger partial charge in [-0.2, -0.15) is 0 Å². The minimum Gasteiger partial charge on any atom is -0.376 e. The van der Waals surface area contributed by atoms with Gasteiger partial charge in [0.15, 0.2) is 0 Å². The lowest BCUT2D eigenvalue weighted by Gasteiger charge is -2.24. The molecule has 63 valence electrons. The summed E-state index contributed by atoms with van der Waals surface area (Å²) in [5, 5.41) is 0. The Bertz CT molecular complexity index is 116. The molecule has 2 fully saturated rings. The van der Waals surface area contributed by atoms with Crippen molar-refractivity contribution < 1.29 is 18.9 Å².